The van der Waals surface area contributed by atoms with Crippen molar-refractivity contribution in [1.82, 2.24) is 8.61 Å². The number of nitrogens with zero attached hydrogens (tertiary/aromatic N) is 2. The number of benzene rings is 1. The standard InChI is InChI=1S/C20H31ClN2O4S2/c1-14-7-15(2)11-22(10-14)28(24,25)18-5-6-19(21)20(9-18)29(26,27)23-12-16(3)8-17(4)13-23/h5-6,9,14-17H,7-8,10-13H2,1-4H3/t14-,15+,16-,17+. The molecule has 2 saturated heterocycles. The Bertz CT molecular complexity index is 945. The molecule has 6 nitrogen and oxygen atoms in total. The van der Waals surface area contributed by atoms with E-state index in [1.165, 1.54) is 26.8 Å². The van der Waals surface area contributed by atoms with E-state index in [1.54, 1.807) is 0 Å². The third-order valence-corrected chi connectivity index (χ3v) is 9.97. The molecule has 2 aliphatic rings. The Morgan fingerprint density at radius 2 is 1.17 bits per heavy atom. The fourth-order valence-corrected chi connectivity index (χ4v) is 8.70. The van der Waals surface area contributed by atoms with E-state index < -0.39 is 20.0 Å². The molecule has 9 heteroatoms. The van der Waals surface area contributed by atoms with Crippen molar-refractivity contribution in [3.63, 3.8) is 0 Å². The van der Waals surface area contributed by atoms with Crippen molar-refractivity contribution in [2.24, 2.45) is 23.7 Å². The Hall–Kier alpha value is -0.670. The Labute approximate surface area is 180 Å². The van der Waals surface area contributed by atoms with Crippen LogP contribution < -0.4 is 0 Å². The second-order valence-corrected chi connectivity index (χ2v) is 13.4. The van der Waals surface area contributed by atoms with E-state index in [0.717, 1.165) is 12.8 Å². The van der Waals surface area contributed by atoms with Gasteiger partial charge < -0.3 is 0 Å². The minimum absolute atomic E-state index is 0.0140. The van der Waals surface area contributed by atoms with Crippen LogP contribution in [0, 0.1) is 23.7 Å². The number of hydrogen-bond acceptors (Lipinski definition) is 4. The van der Waals surface area contributed by atoms with Crippen LogP contribution in [0.3, 0.4) is 0 Å². The zero-order chi connectivity index (χ0) is 21.6. The van der Waals surface area contributed by atoms with Crippen LogP contribution >= 0.6 is 11.6 Å². The van der Waals surface area contributed by atoms with E-state index in [2.05, 4.69) is 0 Å². The van der Waals surface area contributed by atoms with Gasteiger partial charge in [-0.2, -0.15) is 8.61 Å². The van der Waals surface area contributed by atoms with Crippen molar-refractivity contribution in [2.45, 2.75) is 50.3 Å². The molecule has 29 heavy (non-hydrogen) atoms. The first-order valence-electron chi connectivity index (χ1n) is 10.2. The summed E-state index contributed by atoms with van der Waals surface area (Å²) >= 11 is 6.24. The molecular weight excluding hydrogens is 432 g/mol. The highest BCUT2D eigenvalue weighted by Gasteiger charge is 2.36. The van der Waals surface area contributed by atoms with Crippen LogP contribution in [0.5, 0.6) is 0 Å². The Kier molecular flexibility index (Phi) is 6.71. The van der Waals surface area contributed by atoms with Gasteiger partial charge in [0.1, 0.15) is 4.90 Å². The molecule has 164 valence electrons. The smallest absolute Gasteiger partial charge is 0.207 e. The summed E-state index contributed by atoms with van der Waals surface area (Å²) in [5, 5.41) is 0.0511. The first kappa shape index (κ1) is 23.0. The van der Waals surface area contributed by atoms with Gasteiger partial charge >= 0.3 is 0 Å². The molecule has 2 aliphatic heterocycles. The number of rotatable bonds is 4. The van der Waals surface area contributed by atoms with E-state index in [-0.39, 0.29) is 38.5 Å². The van der Waals surface area contributed by atoms with E-state index in [0.29, 0.717) is 26.2 Å². The molecule has 3 rings (SSSR count). The molecule has 0 aliphatic carbocycles. The Morgan fingerprint density at radius 1 is 0.759 bits per heavy atom. The summed E-state index contributed by atoms with van der Waals surface area (Å²) in [5.41, 5.74) is 0. The van der Waals surface area contributed by atoms with Crippen molar-refractivity contribution >= 4 is 31.6 Å². The molecule has 4 atom stereocenters. The van der Waals surface area contributed by atoms with Crippen LogP contribution in [0.2, 0.25) is 5.02 Å². The Balaban J connectivity index is 1.97. The van der Waals surface area contributed by atoms with Gasteiger partial charge in [0.2, 0.25) is 20.0 Å². The van der Waals surface area contributed by atoms with Gasteiger partial charge in [-0.1, -0.05) is 39.3 Å². The van der Waals surface area contributed by atoms with Crippen molar-refractivity contribution < 1.29 is 16.8 Å². The van der Waals surface area contributed by atoms with Crippen LogP contribution in [0.15, 0.2) is 28.0 Å². The third kappa shape index (κ3) is 4.82. The number of piperidine rings is 2. The number of sulfonamides is 2. The zero-order valence-electron chi connectivity index (χ0n) is 17.5. The molecular formula is C20H31ClN2O4S2. The molecule has 2 heterocycles. The van der Waals surface area contributed by atoms with Crippen LogP contribution in [0.1, 0.15) is 40.5 Å². The lowest BCUT2D eigenvalue weighted by atomic mass is 9.94. The molecule has 0 N–H and O–H groups in total. The number of halogens is 1. The van der Waals surface area contributed by atoms with Gasteiger partial charge in [0.15, 0.2) is 0 Å². The topological polar surface area (TPSA) is 74.8 Å². The lowest BCUT2D eigenvalue weighted by Gasteiger charge is -2.35. The minimum atomic E-state index is -3.88. The first-order valence-corrected chi connectivity index (χ1v) is 13.5. The predicted octanol–water partition coefficient (Wildman–Crippen LogP) is 3.67. The van der Waals surface area contributed by atoms with Crippen molar-refractivity contribution in [1.29, 1.82) is 0 Å². The normalized spacial score (nSPS) is 30.4. The molecule has 0 radical (unpaired) electrons. The summed E-state index contributed by atoms with van der Waals surface area (Å²) in [7, 11) is -7.66. The summed E-state index contributed by atoms with van der Waals surface area (Å²) in [6.45, 7) is 9.85. The highest BCUT2D eigenvalue weighted by molar-refractivity contribution is 7.90. The molecule has 0 aromatic heterocycles. The van der Waals surface area contributed by atoms with Gasteiger partial charge in [-0.3, -0.25) is 0 Å². The second-order valence-electron chi connectivity index (χ2n) is 9.13. The zero-order valence-corrected chi connectivity index (χ0v) is 19.9. The monoisotopic (exact) mass is 462 g/mol. The molecule has 0 saturated carbocycles. The van der Waals surface area contributed by atoms with Crippen LogP contribution in [-0.4, -0.2) is 51.6 Å². The maximum absolute atomic E-state index is 13.3. The predicted molar refractivity (Wildman–Crippen MR) is 115 cm³/mol. The minimum Gasteiger partial charge on any atom is -0.207 e. The van der Waals surface area contributed by atoms with Gasteiger partial charge in [-0.05, 0) is 54.7 Å². The Morgan fingerprint density at radius 3 is 1.62 bits per heavy atom. The number of hydrogen-bond donors (Lipinski definition) is 0. The van der Waals surface area contributed by atoms with Gasteiger partial charge in [0, 0.05) is 26.2 Å². The summed E-state index contributed by atoms with van der Waals surface area (Å²) in [6.07, 6.45) is 1.96. The van der Waals surface area contributed by atoms with Crippen LogP contribution in [0.4, 0.5) is 0 Å². The molecule has 0 bridgehead atoms. The van der Waals surface area contributed by atoms with Gasteiger partial charge in [-0.15, -0.1) is 0 Å². The van der Waals surface area contributed by atoms with Crippen molar-refractivity contribution in [3.05, 3.63) is 23.2 Å². The average molecular weight is 463 g/mol. The highest BCUT2D eigenvalue weighted by atomic mass is 35.5. The lowest BCUT2D eigenvalue weighted by molar-refractivity contribution is 0.222. The van der Waals surface area contributed by atoms with Gasteiger partial charge in [0.25, 0.3) is 0 Å². The van der Waals surface area contributed by atoms with Crippen LogP contribution in [-0.2, 0) is 20.0 Å². The second kappa shape index (κ2) is 8.46. The SMILES string of the molecule is C[C@@H]1C[C@H](C)CN(S(=O)(=O)c2ccc(Cl)c(S(=O)(=O)N3C[C@H](C)C[C@H](C)C3)c2)C1. The van der Waals surface area contributed by atoms with Crippen molar-refractivity contribution in [2.75, 3.05) is 26.2 Å². The van der Waals surface area contributed by atoms with E-state index >= 15 is 0 Å². The lowest BCUT2D eigenvalue weighted by Crippen LogP contribution is -2.43. The summed E-state index contributed by atoms with van der Waals surface area (Å²) in [5.74, 6) is 1.02. The van der Waals surface area contributed by atoms with E-state index in [9.17, 15) is 16.8 Å². The first-order chi connectivity index (χ1) is 13.4. The maximum Gasteiger partial charge on any atom is 0.244 e. The largest absolute Gasteiger partial charge is 0.244 e. The van der Waals surface area contributed by atoms with Gasteiger partial charge in [-0.25, -0.2) is 16.8 Å². The molecule has 2 fully saturated rings. The van der Waals surface area contributed by atoms with E-state index in [1.807, 2.05) is 27.7 Å². The fourth-order valence-electron chi connectivity index (χ4n) is 4.73. The summed E-state index contributed by atoms with van der Waals surface area (Å²) in [6, 6.07) is 4.03. The fraction of sp³-hybridized carbons (Fsp3) is 0.700. The molecule has 0 spiro atoms. The van der Waals surface area contributed by atoms with Crippen molar-refractivity contribution in [3.8, 4) is 0 Å². The van der Waals surface area contributed by atoms with Gasteiger partial charge in [0.05, 0.1) is 9.92 Å². The highest BCUT2D eigenvalue weighted by Crippen LogP contribution is 2.33. The van der Waals surface area contributed by atoms with E-state index in [4.69, 9.17) is 11.6 Å². The molecule has 0 unspecified atom stereocenters. The summed E-state index contributed by atoms with van der Waals surface area (Å²) < 4.78 is 55.9. The maximum atomic E-state index is 13.3. The summed E-state index contributed by atoms with van der Waals surface area (Å²) in [4.78, 5) is -0.139. The molecule has 1 aromatic rings. The molecule has 1 aromatic carbocycles. The quantitative estimate of drug-likeness (QED) is 0.684. The third-order valence-electron chi connectivity index (χ3n) is 5.83. The average Bonchev–Trinajstić information content (AvgIpc) is 2.60. The van der Waals surface area contributed by atoms with Crippen LogP contribution in [0.25, 0.3) is 0 Å². The molecule has 0 amide bonds.